The van der Waals surface area contributed by atoms with Gasteiger partial charge in [-0.25, -0.2) is 5.84 Å². The highest BCUT2D eigenvalue weighted by Gasteiger charge is 2.05. The van der Waals surface area contributed by atoms with Crippen molar-refractivity contribution in [2.75, 3.05) is 19.6 Å². The smallest absolute Gasteiger partial charge is 0.208 e. The second kappa shape index (κ2) is 7.86. The van der Waals surface area contributed by atoms with Crippen LogP contribution < -0.4 is 11.3 Å². The van der Waals surface area contributed by atoms with Gasteiger partial charge < -0.3 is 4.90 Å². The molecule has 4 heteroatoms. The SMILES string of the molecule is CCCCN(CC)C(=NCC)NN. The fourth-order valence-electron chi connectivity index (χ4n) is 1.15. The quantitative estimate of drug-likeness (QED) is 0.291. The van der Waals surface area contributed by atoms with Crippen LogP contribution >= 0.6 is 0 Å². The molecule has 3 N–H and O–H groups in total. The summed E-state index contributed by atoms with van der Waals surface area (Å²) in [5, 5.41) is 0. The molecule has 0 heterocycles. The van der Waals surface area contributed by atoms with Crippen LogP contribution in [0, 0.1) is 0 Å². The number of nitrogens with one attached hydrogen (secondary N) is 1. The molecular formula is C9H22N4. The summed E-state index contributed by atoms with van der Waals surface area (Å²) in [5.41, 5.74) is 2.64. The molecule has 13 heavy (non-hydrogen) atoms. The van der Waals surface area contributed by atoms with Crippen molar-refractivity contribution < 1.29 is 0 Å². The molecule has 0 aliphatic heterocycles. The summed E-state index contributed by atoms with van der Waals surface area (Å²) in [6, 6.07) is 0. The summed E-state index contributed by atoms with van der Waals surface area (Å²) in [6.07, 6.45) is 2.37. The van der Waals surface area contributed by atoms with Crippen molar-refractivity contribution in [1.82, 2.24) is 10.3 Å². The topological polar surface area (TPSA) is 53.6 Å². The van der Waals surface area contributed by atoms with Gasteiger partial charge in [-0.05, 0) is 20.3 Å². The van der Waals surface area contributed by atoms with Gasteiger partial charge in [0.25, 0.3) is 0 Å². The number of nitrogens with zero attached hydrogens (tertiary/aromatic N) is 2. The highest BCUT2D eigenvalue weighted by Crippen LogP contribution is 1.95. The Hall–Kier alpha value is -0.770. The van der Waals surface area contributed by atoms with Gasteiger partial charge in [-0.1, -0.05) is 13.3 Å². The van der Waals surface area contributed by atoms with E-state index in [1.54, 1.807) is 0 Å². The first kappa shape index (κ1) is 12.2. The standard InChI is InChI=1S/C9H22N4/c1-4-7-8-13(6-3)9(12-10)11-5-2/h4-8,10H2,1-3H3,(H,11,12). The van der Waals surface area contributed by atoms with Crippen molar-refractivity contribution in [3.8, 4) is 0 Å². The molecule has 0 unspecified atom stereocenters. The Morgan fingerprint density at radius 2 is 2.08 bits per heavy atom. The number of nitrogens with two attached hydrogens (primary N) is 1. The molecule has 0 aliphatic rings. The Morgan fingerprint density at radius 1 is 1.38 bits per heavy atom. The molecule has 0 amide bonds. The lowest BCUT2D eigenvalue weighted by Gasteiger charge is -2.23. The van der Waals surface area contributed by atoms with Crippen LogP contribution in [-0.4, -0.2) is 30.5 Å². The number of rotatable bonds is 5. The predicted molar refractivity (Wildman–Crippen MR) is 57.5 cm³/mol. The molecule has 0 aliphatic carbocycles. The first-order chi connectivity index (χ1) is 6.29. The molecule has 0 aromatic heterocycles. The third kappa shape index (κ3) is 4.72. The Morgan fingerprint density at radius 3 is 2.46 bits per heavy atom. The summed E-state index contributed by atoms with van der Waals surface area (Å²) in [5.74, 6) is 6.19. The van der Waals surface area contributed by atoms with Gasteiger partial charge in [-0.15, -0.1) is 0 Å². The molecule has 0 bridgehead atoms. The van der Waals surface area contributed by atoms with Crippen LogP contribution in [0.25, 0.3) is 0 Å². The highest BCUT2D eigenvalue weighted by molar-refractivity contribution is 5.79. The molecule has 0 aromatic carbocycles. The van der Waals surface area contributed by atoms with Crippen LogP contribution in [0.3, 0.4) is 0 Å². The Labute approximate surface area is 81.2 Å². The summed E-state index contributed by atoms with van der Waals surface area (Å²) < 4.78 is 0. The zero-order valence-corrected chi connectivity index (χ0v) is 9.01. The molecule has 0 saturated heterocycles. The normalized spacial score (nSPS) is 11.5. The molecule has 0 aromatic rings. The Bertz CT molecular complexity index is 145. The van der Waals surface area contributed by atoms with Gasteiger partial charge in [-0.2, -0.15) is 0 Å². The third-order valence-corrected chi connectivity index (χ3v) is 1.90. The average Bonchev–Trinajstić information content (AvgIpc) is 2.17. The zero-order valence-electron chi connectivity index (χ0n) is 9.01. The molecule has 0 atom stereocenters. The van der Waals surface area contributed by atoms with Crippen molar-refractivity contribution in [3.63, 3.8) is 0 Å². The van der Waals surface area contributed by atoms with Crippen LogP contribution in [-0.2, 0) is 0 Å². The minimum absolute atomic E-state index is 0.766. The van der Waals surface area contributed by atoms with Gasteiger partial charge in [0.2, 0.25) is 5.96 Å². The molecule has 0 fully saturated rings. The maximum absolute atomic E-state index is 5.38. The molecule has 0 saturated carbocycles. The maximum Gasteiger partial charge on any atom is 0.208 e. The van der Waals surface area contributed by atoms with Crippen LogP contribution in [0.5, 0.6) is 0 Å². The second-order valence-corrected chi connectivity index (χ2v) is 2.88. The van der Waals surface area contributed by atoms with Crippen molar-refractivity contribution in [3.05, 3.63) is 0 Å². The number of hydrogen-bond donors (Lipinski definition) is 2. The van der Waals surface area contributed by atoms with E-state index < -0.39 is 0 Å². The fourth-order valence-corrected chi connectivity index (χ4v) is 1.15. The van der Waals surface area contributed by atoms with Gasteiger partial charge in [0.1, 0.15) is 0 Å². The van der Waals surface area contributed by atoms with E-state index in [4.69, 9.17) is 5.84 Å². The summed E-state index contributed by atoms with van der Waals surface area (Å²) in [4.78, 5) is 6.43. The van der Waals surface area contributed by atoms with Crippen LogP contribution in [0.1, 0.15) is 33.6 Å². The van der Waals surface area contributed by atoms with Gasteiger partial charge in [0.05, 0.1) is 0 Å². The first-order valence-corrected chi connectivity index (χ1v) is 5.06. The summed E-state index contributed by atoms with van der Waals surface area (Å²) in [7, 11) is 0. The first-order valence-electron chi connectivity index (χ1n) is 5.06. The molecule has 0 radical (unpaired) electrons. The Kier molecular flexibility index (Phi) is 7.39. The number of aliphatic imine (C=N–C) groups is 1. The minimum atomic E-state index is 0.766. The summed E-state index contributed by atoms with van der Waals surface area (Å²) >= 11 is 0. The zero-order chi connectivity index (χ0) is 10.1. The van der Waals surface area contributed by atoms with E-state index in [9.17, 15) is 0 Å². The number of hydrazine groups is 1. The monoisotopic (exact) mass is 186 g/mol. The Balaban J connectivity index is 4.08. The second-order valence-electron chi connectivity index (χ2n) is 2.88. The van der Waals surface area contributed by atoms with Crippen LogP contribution in [0.2, 0.25) is 0 Å². The lowest BCUT2D eigenvalue weighted by Crippen LogP contribution is -2.45. The minimum Gasteiger partial charge on any atom is -0.342 e. The fraction of sp³-hybridized carbons (Fsp3) is 0.889. The van der Waals surface area contributed by atoms with Gasteiger partial charge in [-0.3, -0.25) is 10.4 Å². The molecule has 0 spiro atoms. The van der Waals surface area contributed by atoms with Crippen molar-refractivity contribution in [2.45, 2.75) is 33.6 Å². The summed E-state index contributed by atoms with van der Waals surface area (Å²) in [6.45, 7) is 9.03. The van der Waals surface area contributed by atoms with E-state index in [1.807, 2.05) is 6.92 Å². The largest absolute Gasteiger partial charge is 0.342 e. The van der Waals surface area contributed by atoms with Crippen LogP contribution in [0.15, 0.2) is 4.99 Å². The van der Waals surface area contributed by atoms with Crippen molar-refractivity contribution in [1.29, 1.82) is 0 Å². The molecule has 0 rings (SSSR count). The molecular weight excluding hydrogens is 164 g/mol. The molecule has 4 nitrogen and oxygen atoms in total. The van der Waals surface area contributed by atoms with Gasteiger partial charge in [0, 0.05) is 19.6 Å². The lowest BCUT2D eigenvalue weighted by atomic mass is 10.3. The van der Waals surface area contributed by atoms with Gasteiger partial charge in [0.15, 0.2) is 0 Å². The highest BCUT2D eigenvalue weighted by atomic mass is 15.4. The number of guanidine groups is 1. The predicted octanol–water partition coefficient (Wildman–Crippen LogP) is 0.948. The average molecular weight is 186 g/mol. The van der Waals surface area contributed by atoms with E-state index in [2.05, 4.69) is 29.2 Å². The van der Waals surface area contributed by atoms with E-state index in [1.165, 1.54) is 12.8 Å². The van der Waals surface area contributed by atoms with Crippen molar-refractivity contribution in [2.24, 2.45) is 10.8 Å². The van der Waals surface area contributed by atoms with E-state index in [0.29, 0.717) is 0 Å². The van der Waals surface area contributed by atoms with E-state index >= 15 is 0 Å². The maximum atomic E-state index is 5.38. The number of hydrogen-bond acceptors (Lipinski definition) is 2. The number of unbranched alkanes of at least 4 members (excludes halogenated alkanes) is 1. The lowest BCUT2D eigenvalue weighted by molar-refractivity contribution is 0.412. The van der Waals surface area contributed by atoms with Gasteiger partial charge >= 0.3 is 0 Å². The molecule has 78 valence electrons. The van der Waals surface area contributed by atoms with Crippen LogP contribution in [0.4, 0.5) is 0 Å². The third-order valence-electron chi connectivity index (χ3n) is 1.90. The van der Waals surface area contributed by atoms with E-state index in [0.717, 1.165) is 25.6 Å². The van der Waals surface area contributed by atoms with Crippen molar-refractivity contribution >= 4 is 5.96 Å². The van der Waals surface area contributed by atoms with E-state index in [-0.39, 0.29) is 0 Å².